The number of rotatable bonds is 6. The van der Waals surface area contributed by atoms with Crippen molar-refractivity contribution in [3.63, 3.8) is 0 Å². The first-order valence-corrected chi connectivity index (χ1v) is 9.65. The van der Waals surface area contributed by atoms with Crippen molar-refractivity contribution >= 4 is 10.1 Å². The molecular formula is C18H18F3NO4S. The topological polar surface area (TPSA) is 55.8 Å². The van der Waals surface area contributed by atoms with Gasteiger partial charge in [-0.15, -0.1) is 0 Å². The lowest BCUT2D eigenvalue weighted by atomic mass is 10.1. The molecule has 0 N–H and O–H groups in total. The van der Waals surface area contributed by atoms with Crippen molar-refractivity contribution in [2.75, 3.05) is 13.1 Å². The number of halogens is 3. The van der Waals surface area contributed by atoms with Crippen LogP contribution in [0.5, 0.6) is 5.75 Å². The zero-order chi connectivity index (χ0) is 19.7. The molecule has 1 saturated heterocycles. The normalized spacial score (nSPS) is 15.4. The molecule has 0 radical (unpaired) electrons. The summed E-state index contributed by atoms with van der Waals surface area (Å²) in [5.74, 6) is 0.322. The second-order valence-corrected chi connectivity index (χ2v) is 7.75. The van der Waals surface area contributed by atoms with Crippen LogP contribution in [-0.2, 0) is 27.2 Å². The Morgan fingerprint density at radius 1 is 1.07 bits per heavy atom. The van der Waals surface area contributed by atoms with Gasteiger partial charge in [-0.2, -0.15) is 30.9 Å². The van der Waals surface area contributed by atoms with Gasteiger partial charge in [0, 0.05) is 19.2 Å². The van der Waals surface area contributed by atoms with Gasteiger partial charge in [0.25, 0.3) is 0 Å². The van der Waals surface area contributed by atoms with Gasteiger partial charge >= 0.3 is 16.3 Å². The highest BCUT2D eigenvalue weighted by atomic mass is 32.2. The molecule has 1 fully saturated rings. The van der Waals surface area contributed by atoms with Gasteiger partial charge in [0.1, 0.15) is 12.4 Å². The summed E-state index contributed by atoms with van der Waals surface area (Å²) >= 11 is 0. The molecule has 5 nitrogen and oxygen atoms in total. The number of benzene rings is 2. The van der Waals surface area contributed by atoms with E-state index in [2.05, 4.69) is 0 Å². The number of hydrogen-bond donors (Lipinski definition) is 0. The van der Waals surface area contributed by atoms with Crippen LogP contribution in [0, 0.1) is 6.92 Å². The summed E-state index contributed by atoms with van der Waals surface area (Å²) in [6.45, 7) is 2.87. The van der Waals surface area contributed by atoms with Gasteiger partial charge in [-0.05, 0) is 42.7 Å². The Morgan fingerprint density at radius 2 is 1.74 bits per heavy atom. The van der Waals surface area contributed by atoms with Crippen LogP contribution < -0.4 is 4.74 Å². The van der Waals surface area contributed by atoms with Crippen molar-refractivity contribution < 1.29 is 30.6 Å². The summed E-state index contributed by atoms with van der Waals surface area (Å²) in [6, 6.07) is 8.98. The molecule has 9 heteroatoms. The standard InChI is InChI=1S/C18H18F3NO4S/c1-13-3-8-16(27(23,24)26-22-9-2-10-22)11-17(13)25-12-14-4-6-15(7-5-14)18(19,20)21/h3-8,11H,2,9-10,12H2,1H3. The Kier molecular flexibility index (Phi) is 5.45. The predicted molar refractivity (Wildman–Crippen MR) is 91.4 cm³/mol. The van der Waals surface area contributed by atoms with Gasteiger partial charge in [-0.1, -0.05) is 18.2 Å². The Balaban J connectivity index is 1.71. The smallest absolute Gasteiger partial charge is 0.416 e. The number of aryl methyl sites for hydroxylation is 1. The SMILES string of the molecule is Cc1ccc(S(=O)(=O)ON2CCC2)cc1OCc1ccc(C(F)(F)F)cc1. The van der Waals surface area contributed by atoms with E-state index < -0.39 is 21.9 Å². The predicted octanol–water partition coefficient (Wildman–Crippen LogP) is 3.92. The van der Waals surface area contributed by atoms with Crippen LogP contribution in [0.1, 0.15) is 23.1 Å². The third-order valence-electron chi connectivity index (χ3n) is 4.14. The van der Waals surface area contributed by atoms with Crippen LogP contribution in [0.15, 0.2) is 47.4 Å². The van der Waals surface area contributed by atoms with Crippen LogP contribution in [0.25, 0.3) is 0 Å². The lowest BCUT2D eigenvalue weighted by molar-refractivity contribution is -0.137. The first-order chi connectivity index (χ1) is 12.6. The molecule has 3 rings (SSSR count). The Morgan fingerprint density at radius 3 is 2.30 bits per heavy atom. The van der Waals surface area contributed by atoms with Crippen molar-refractivity contribution in [3.05, 3.63) is 59.2 Å². The minimum Gasteiger partial charge on any atom is -0.489 e. The van der Waals surface area contributed by atoms with Gasteiger partial charge < -0.3 is 4.74 Å². The fraction of sp³-hybridized carbons (Fsp3) is 0.333. The summed E-state index contributed by atoms with van der Waals surface area (Å²) in [7, 11) is -3.94. The largest absolute Gasteiger partial charge is 0.489 e. The molecule has 1 aliphatic rings. The number of alkyl halides is 3. The molecule has 0 amide bonds. The summed E-state index contributed by atoms with van der Waals surface area (Å²) in [5, 5.41) is 1.36. The van der Waals surface area contributed by atoms with Gasteiger partial charge in [0.05, 0.1) is 10.5 Å². The Labute approximate surface area is 155 Å². The molecule has 0 spiro atoms. The molecule has 0 saturated carbocycles. The highest BCUT2D eigenvalue weighted by molar-refractivity contribution is 7.86. The van der Waals surface area contributed by atoms with E-state index in [4.69, 9.17) is 9.02 Å². The summed E-state index contributed by atoms with van der Waals surface area (Å²) in [5.41, 5.74) is 0.496. The quantitative estimate of drug-likeness (QED) is 0.735. The molecule has 2 aromatic carbocycles. The fourth-order valence-electron chi connectivity index (χ4n) is 2.39. The summed E-state index contributed by atoms with van der Waals surface area (Å²) in [6.07, 6.45) is -3.51. The van der Waals surface area contributed by atoms with Gasteiger partial charge in [-0.3, -0.25) is 0 Å². The van der Waals surface area contributed by atoms with E-state index in [0.717, 1.165) is 18.6 Å². The lowest BCUT2D eigenvalue weighted by Gasteiger charge is -2.28. The first-order valence-electron chi connectivity index (χ1n) is 8.24. The molecule has 0 atom stereocenters. The molecule has 0 aliphatic carbocycles. The first kappa shape index (κ1) is 19.7. The monoisotopic (exact) mass is 401 g/mol. The maximum atomic E-state index is 12.6. The van der Waals surface area contributed by atoms with Crippen molar-refractivity contribution in [1.29, 1.82) is 0 Å². The highest BCUT2D eigenvalue weighted by Crippen LogP contribution is 2.30. The van der Waals surface area contributed by atoms with Gasteiger partial charge in [0.15, 0.2) is 0 Å². The molecule has 146 valence electrons. The average molecular weight is 401 g/mol. The van der Waals surface area contributed by atoms with E-state index in [1.165, 1.54) is 29.3 Å². The van der Waals surface area contributed by atoms with E-state index >= 15 is 0 Å². The molecule has 0 bridgehead atoms. The molecule has 1 aliphatic heterocycles. The molecule has 1 heterocycles. The minimum atomic E-state index is -4.39. The van der Waals surface area contributed by atoms with E-state index in [1.807, 2.05) is 0 Å². The molecule has 2 aromatic rings. The van der Waals surface area contributed by atoms with E-state index in [-0.39, 0.29) is 11.5 Å². The molecule has 0 unspecified atom stereocenters. The van der Waals surface area contributed by atoms with E-state index in [9.17, 15) is 21.6 Å². The molecular weight excluding hydrogens is 383 g/mol. The van der Waals surface area contributed by atoms with Crippen LogP contribution in [0.2, 0.25) is 0 Å². The van der Waals surface area contributed by atoms with Gasteiger partial charge in [0.2, 0.25) is 0 Å². The maximum absolute atomic E-state index is 12.6. The number of hydrogen-bond acceptors (Lipinski definition) is 5. The molecule has 27 heavy (non-hydrogen) atoms. The summed E-state index contributed by atoms with van der Waals surface area (Å²) in [4.78, 5) is -0.0394. The van der Waals surface area contributed by atoms with Crippen molar-refractivity contribution in [2.24, 2.45) is 0 Å². The van der Waals surface area contributed by atoms with Crippen LogP contribution >= 0.6 is 0 Å². The van der Waals surface area contributed by atoms with Crippen LogP contribution in [-0.4, -0.2) is 26.6 Å². The number of ether oxygens (including phenoxy) is 1. The second kappa shape index (κ2) is 7.49. The Hall–Kier alpha value is -2.10. The van der Waals surface area contributed by atoms with Crippen molar-refractivity contribution in [1.82, 2.24) is 5.06 Å². The zero-order valence-electron chi connectivity index (χ0n) is 14.5. The minimum absolute atomic E-state index is 0.00939. The highest BCUT2D eigenvalue weighted by Gasteiger charge is 2.30. The lowest BCUT2D eigenvalue weighted by Crippen LogP contribution is -2.38. The fourth-order valence-corrected chi connectivity index (χ4v) is 3.38. The molecule has 0 aromatic heterocycles. The van der Waals surface area contributed by atoms with Crippen LogP contribution in [0.3, 0.4) is 0 Å². The third kappa shape index (κ3) is 4.79. The summed E-state index contributed by atoms with van der Waals surface area (Å²) < 4.78 is 73.0. The van der Waals surface area contributed by atoms with Gasteiger partial charge in [-0.25, -0.2) is 0 Å². The average Bonchev–Trinajstić information content (AvgIpc) is 2.57. The van der Waals surface area contributed by atoms with Crippen molar-refractivity contribution in [2.45, 2.75) is 31.0 Å². The second-order valence-electron chi connectivity index (χ2n) is 6.22. The number of nitrogens with zero attached hydrogens (tertiary/aromatic N) is 1. The van der Waals surface area contributed by atoms with Crippen molar-refractivity contribution in [3.8, 4) is 5.75 Å². The number of hydroxylamine groups is 2. The Bertz CT molecular complexity index is 907. The third-order valence-corrected chi connectivity index (χ3v) is 5.38. The van der Waals surface area contributed by atoms with E-state index in [0.29, 0.717) is 30.0 Å². The maximum Gasteiger partial charge on any atom is 0.416 e. The van der Waals surface area contributed by atoms with E-state index in [1.54, 1.807) is 13.0 Å². The zero-order valence-corrected chi connectivity index (χ0v) is 15.3. The van der Waals surface area contributed by atoms with Crippen LogP contribution in [0.4, 0.5) is 13.2 Å².